The van der Waals surface area contributed by atoms with Crippen LogP contribution in [-0.2, 0) is 9.59 Å². The van der Waals surface area contributed by atoms with Crippen LogP contribution in [0.2, 0.25) is 0 Å². The standard InChI is InChI=1S/C10H15N3O2/c1-6-7(14)12-9(13-8(6)15)10(11)4-2-3-5-10/h6H,2-5,11H2,1H3,(H,12,13,14,15). The summed E-state index contributed by atoms with van der Waals surface area (Å²) in [5.41, 5.74) is 5.51. The van der Waals surface area contributed by atoms with Crippen LogP contribution in [0.5, 0.6) is 0 Å². The van der Waals surface area contributed by atoms with E-state index < -0.39 is 11.5 Å². The van der Waals surface area contributed by atoms with Gasteiger partial charge in [-0.05, 0) is 19.8 Å². The van der Waals surface area contributed by atoms with Crippen LogP contribution in [0.1, 0.15) is 32.6 Å². The summed E-state index contributed by atoms with van der Waals surface area (Å²) in [5.74, 6) is -0.987. The Labute approximate surface area is 88.1 Å². The van der Waals surface area contributed by atoms with E-state index in [0.717, 1.165) is 25.7 Å². The predicted molar refractivity (Wildman–Crippen MR) is 55.1 cm³/mol. The van der Waals surface area contributed by atoms with Gasteiger partial charge in [-0.25, -0.2) is 0 Å². The van der Waals surface area contributed by atoms with Crippen molar-refractivity contribution in [3.8, 4) is 0 Å². The summed E-state index contributed by atoms with van der Waals surface area (Å²) in [6.07, 6.45) is 3.62. The van der Waals surface area contributed by atoms with Gasteiger partial charge in [0.2, 0.25) is 5.91 Å². The highest BCUT2D eigenvalue weighted by Gasteiger charge is 2.40. The van der Waals surface area contributed by atoms with Crippen LogP contribution in [0.25, 0.3) is 0 Å². The van der Waals surface area contributed by atoms with Gasteiger partial charge in [-0.3, -0.25) is 9.59 Å². The molecule has 1 heterocycles. The number of amidine groups is 1. The largest absolute Gasteiger partial charge is 0.319 e. The number of hydrogen-bond acceptors (Lipinski definition) is 3. The molecule has 0 aromatic carbocycles. The lowest BCUT2D eigenvalue weighted by Crippen LogP contribution is -2.57. The molecule has 0 aromatic heterocycles. The van der Waals surface area contributed by atoms with Crippen LogP contribution in [0.3, 0.4) is 0 Å². The van der Waals surface area contributed by atoms with Gasteiger partial charge in [-0.15, -0.1) is 0 Å². The minimum atomic E-state index is -0.682. The normalized spacial score (nSPS) is 30.0. The van der Waals surface area contributed by atoms with E-state index in [1.807, 2.05) is 0 Å². The maximum atomic E-state index is 11.4. The number of nitrogens with one attached hydrogen (secondary N) is 1. The van der Waals surface area contributed by atoms with Gasteiger partial charge in [0, 0.05) is 0 Å². The fourth-order valence-electron chi connectivity index (χ4n) is 2.05. The van der Waals surface area contributed by atoms with Crippen molar-refractivity contribution in [1.29, 1.82) is 0 Å². The Hall–Kier alpha value is -1.23. The van der Waals surface area contributed by atoms with Gasteiger partial charge >= 0.3 is 0 Å². The fourth-order valence-corrected chi connectivity index (χ4v) is 2.05. The number of rotatable bonds is 1. The maximum Gasteiger partial charge on any atom is 0.259 e. The average Bonchev–Trinajstić information content (AvgIpc) is 2.62. The minimum Gasteiger partial charge on any atom is -0.319 e. The molecule has 1 aliphatic heterocycles. The topological polar surface area (TPSA) is 84.6 Å². The zero-order valence-electron chi connectivity index (χ0n) is 8.75. The maximum absolute atomic E-state index is 11.4. The van der Waals surface area contributed by atoms with Gasteiger partial charge in [0.1, 0.15) is 11.8 Å². The fraction of sp³-hybridized carbons (Fsp3) is 0.700. The monoisotopic (exact) mass is 209 g/mol. The van der Waals surface area contributed by atoms with Crippen molar-refractivity contribution in [1.82, 2.24) is 5.32 Å². The van der Waals surface area contributed by atoms with E-state index >= 15 is 0 Å². The highest BCUT2D eigenvalue weighted by Crippen LogP contribution is 2.29. The van der Waals surface area contributed by atoms with Gasteiger partial charge in [-0.2, -0.15) is 4.99 Å². The quantitative estimate of drug-likeness (QED) is 0.594. The van der Waals surface area contributed by atoms with Crippen molar-refractivity contribution >= 4 is 17.6 Å². The van der Waals surface area contributed by atoms with Crippen LogP contribution in [0.4, 0.5) is 0 Å². The molecule has 3 N–H and O–H groups in total. The van der Waals surface area contributed by atoms with E-state index in [2.05, 4.69) is 10.3 Å². The molecule has 1 saturated carbocycles. The van der Waals surface area contributed by atoms with Gasteiger partial charge in [0.05, 0.1) is 5.54 Å². The van der Waals surface area contributed by atoms with Gasteiger partial charge < -0.3 is 11.1 Å². The zero-order chi connectivity index (χ0) is 11.1. The summed E-state index contributed by atoms with van der Waals surface area (Å²) in [7, 11) is 0. The summed E-state index contributed by atoms with van der Waals surface area (Å²) in [6, 6.07) is 0. The summed E-state index contributed by atoms with van der Waals surface area (Å²) < 4.78 is 0. The summed E-state index contributed by atoms with van der Waals surface area (Å²) in [4.78, 5) is 26.7. The second-order valence-electron chi connectivity index (χ2n) is 4.37. The van der Waals surface area contributed by atoms with E-state index in [1.165, 1.54) is 0 Å². The van der Waals surface area contributed by atoms with Crippen LogP contribution in [0, 0.1) is 5.92 Å². The van der Waals surface area contributed by atoms with Crippen LogP contribution in [-0.4, -0.2) is 23.2 Å². The zero-order valence-corrected chi connectivity index (χ0v) is 8.75. The third-order valence-electron chi connectivity index (χ3n) is 3.19. The molecule has 0 spiro atoms. The number of nitrogens with two attached hydrogens (primary N) is 1. The van der Waals surface area contributed by atoms with Crippen molar-refractivity contribution in [2.75, 3.05) is 0 Å². The molecular formula is C10H15N3O2. The Morgan fingerprint density at radius 1 is 1.40 bits per heavy atom. The van der Waals surface area contributed by atoms with Gasteiger partial charge in [-0.1, -0.05) is 12.8 Å². The van der Waals surface area contributed by atoms with Crippen LogP contribution >= 0.6 is 0 Å². The lowest BCUT2D eigenvalue weighted by atomic mass is 9.95. The molecule has 0 aromatic rings. The summed E-state index contributed by atoms with van der Waals surface area (Å²) in [5, 5.41) is 2.64. The molecule has 1 atom stereocenters. The number of nitrogens with zero attached hydrogens (tertiary/aromatic N) is 1. The second kappa shape index (κ2) is 3.41. The molecule has 2 aliphatic rings. The number of aliphatic imine (C=N–C) groups is 1. The third kappa shape index (κ3) is 1.67. The highest BCUT2D eigenvalue weighted by molar-refractivity contribution is 6.18. The Bertz CT molecular complexity index is 343. The smallest absolute Gasteiger partial charge is 0.259 e. The van der Waals surface area contributed by atoms with Crippen LogP contribution < -0.4 is 11.1 Å². The Balaban J connectivity index is 2.27. The first kappa shape index (κ1) is 10.3. The minimum absolute atomic E-state index is 0.290. The number of carbonyl (C=O) groups excluding carboxylic acids is 2. The first-order chi connectivity index (χ1) is 7.03. The third-order valence-corrected chi connectivity index (χ3v) is 3.19. The number of carbonyl (C=O) groups is 2. The molecule has 1 fully saturated rings. The first-order valence-corrected chi connectivity index (χ1v) is 5.26. The summed E-state index contributed by atoms with van der Waals surface area (Å²) >= 11 is 0. The van der Waals surface area contributed by atoms with E-state index in [1.54, 1.807) is 6.92 Å². The molecule has 0 radical (unpaired) electrons. The lowest BCUT2D eigenvalue weighted by molar-refractivity contribution is -0.132. The molecule has 5 heteroatoms. The van der Waals surface area contributed by atoms with E-state index in [-0.39, 0.29) is 11.8 Å². The SMILES string of the molecule is CC1C(=O)N=C(C2(N)CCCC2)NC1=O. The number of amides is 2. The Kier molecular flexibility index (Phi) is 2.34. The predicted octanol–water partition coefficient (Wildman–Crippen LogP) is -0.0511. The molecule has 15 heavy (non-hydrogen) atoms. The van der Waals surface area contributed by atoms with Crippen LogP contribution in [0.15, 0.2) is 4.99 Å². The van der Waals surface area contributed by atoms with Crippen molar-refractivity contribution in [2.24, 2.45) is 16.6 Å². The summed E-state index contributed by atoms with van der Waals surface area (Å²) in [6.45, 7) is 1.55. The second-order valence-corrected chi connectivity index (χ2v) is 4.37. The number of hydrogen-bond donors (Lipinski definition) is 2. The molecule has 82 valence electrons. The highest BCUT2D eigenvalue weighted by atomic mass is 16.2. The Morgan fingerprint density at radius 3 is 2.53 bits per heavy atom. The van der Waals surface area contributed by atoms with E-state index in [0.29, 0.717) is 5.84 Å². The Morgan fingerprint density at radius 2 is 2.00 bits per heavy atom. The van der Waals surface area contributed by atoms with Crippen molar-refractivity contribution in [3.05, 3.63) is 0 Å². The van der Waals surface area contributed by atoms with Gasteiger partial charge in [0.25, 0.3) is 5.91 Å². The molecule has 5 nitrogen and oxygen atoms in total. The molecule has 0 saturated heterocycles. The molecule has 2 rings (SSSR count). The molecule has 1 aliphatic carbocycles. The lowest BCUT2D eigenvalue weighted by Gasteiger charge is -2.29. The molecule has 0 bridgehead atoms. The van der Waals surface area contributed by atoms with Crippen molar-refractivity contribution in [3.63, 3.8) is 0 Å². The average molecular weight is 209 g/mol. The molecule has 2 amide bonds. The first-order valence-electron chi connectivity index (χ1n) is 5.26. The molecular weight excluding hydrogens is 194 g/mol. The van der Waals surface area contributed by atoms with Crippen molar-refractivity contribution in [2.45, 2.75) is 38.1 Å². The van der Waals surface area contributed by atoms with E-state index in [4.69, 9.17) is 5.73 Å². The molecule has 1 unspecified atom stereocenters. The van der Waals surface area contributed by atoms with Crippen molar-refractivity contribution < 1.29 is 9.59 Å². The van der Waals surface area contributed by atoms with Gasteiger partial charge in [0.15, 0.2) is 0 Å². The van der Waals surface area contributed by atoms with E-state index in [9.17, 15) is 9.59 Å².